The first-order chi connectivity index (χ1) is 10.3. The van der Waals surface area contributed by atoms with Gasteiger partial charge >= 0.3 is 0 Å². The standard InChI is InChI=1S/C18H19NO2/c1-2-16-12-17(21-19-16)8-5-13-3-6-14(7-4-13)18-11-15(18)9-10-20/h3-4,6-7,12,15,18,20H,2,9-11H2,1H3. The highest BCUT2D eigenvalue weighted by molar-refractivity contribution is 5.41. The van der Waals surface area contributed by atoms with Crippen molar-refractivity contribution in [2.45, 2.75) is 32.1 Å². The first-order valence-electron chi connectivity index (χ1n) is 7.48. The molecule has 1 saturated carbocycles. The van der Waals surface area contributed by atoms with Crippen molar-refractivity contribution in [2.24, 2.45) is 5.92 Å². The zero-order valence-electron chi connectivity index (χ0n) is 12.2. The van der Waals surface area contributed by atoms with E-state index in [4.69, 9.17) is 9.63 Å². The van der Waals surface area contributed by atoms with Gasteiger partial charge in [-0.3, -0.25) is 0 Å². The monoisotopic (exact) mass is 281 g/mol. The number of aromatic nitrogens is 1. The van der Waals surface area contributed by atoms with Crippen molar-refractivity contribution in [3.63, 3.8) is 0 Å². The maximum absolute atomic E-state index is 8.95. The van der Waals surface area contributed by atoms with Crippen LogP contribution in [0.1, 0.15) is 48.3 Å². The molecule has 108 valence electrons. The molecule has 1 aliphatic rings. The number of hydrogen-bond acceptors (Lipinski definition) is 3. The zero-order valence-corrected chi connectivity index (χ0v) is 12.2. The van der Waals surface area contributed by atoms with Crippen LogP contribution in [0.5, 0.6) is 0 Å². The average Bonchev–Trinajstić information content (AvgIpc) is 3.12. The van der Waals surface area contributed by atoms with Crippen LogP contribution in [0.25, 0.3) is 0 Å². The lowest BCUT2D eigenvalue weighted by Crippen LogP contribution is -1.88. The van der Waals surface area contributed by atoms with Gasteiger partial charge in [0.15, 0.2) is 0 Å². The van der Waals surface area contributed by atoms with Crippen molar-refractivity contribution in [3.05, 3.63) is 52.9 Å². The van der Waals surface area contributed by atoms with Crippen LogP contribution in [0.3, 0.4) is 0 Å². The second kappa shape index (κ2) is 6.15. The van der Waals surface area contributed by atoms with Crippen LogP contribution < -0.4 is 0 Å². The fourth-order valence-electron chi connectivity index (χ4n) is 2.63. The molecule has 21 heavy (non-hydrogen) atoms. The van der Waals surface area contributed by atoms with Crippen LogP contribution in [0.15, 0.2) is 34.9 Å². The third-order valence-corrected chi connectivity index (χ3v) is 4.01. The zero-order chi connectivity index (χ0) is 14.7. The molecule has 1 N–H and O–H groups in total. The van der Waals surface area contributed by atoms with E-state index in [0.717, 1.165) is 24.1 Å². The smallest absolute Gasteiger partial charge is 0.210 e. The number of hydrogen-bond donors (Lipinski definition) is 1. The lowest BCUT2D eigenvalue weighted by Gasteiger charge is -1.99. The van der Waals surface area contributed by atoms with Gasteiger partial charge < -0.3 is 9.63 Å². The predicted molar refractivity (Wildman–Crippen MR) is 80.9 cm³/mol. The summed E-state index contributed by atoms with van der Waals surface area (Å²) in [6.07, 6.45) is 2.97. The molecule has 0 bridgehead atoms. The Morgan fingerprint density at radius 3 is 2.76 bits per heavy atom. The fourth-order valence-corrected chi connectivity index (χ4v) is 2.63. The Morgan fingerprint density at radius 2 is 2.10 bits per heavy atom. The molecule has 2 unspecified atom stereocenters. The molecule has 1 heterocycles. The molecule has 1 fully saturated rings. The van der Waals surface area contributed by atoms with E-state index in [2.05, 4.69) is 29.1 Å². The van der Waals surface area contributed by atoms with E-state index < -0.39 is 0 Å². The summed E-state index contributed by atoms with van der Waals surface area (Å²) in [6.45, 7) is 2.33. The fraction of sp³-hybridized carbons (Fsp3) is 0.389. The second-order valence-corrected chi connectivity index (χ2v) is 5.52. The van der Waals surface area contributed by atoms with Crippen LogP contribution in [0.4, 0.5) is 0 Å². The second-order valence-electron chi connectivity index (χ2n) is 5.52. The van der Waals surface area contributed by atoms with Gasteiger partial charge in [-0.05, 0) is 54.7 Å². The van der Waals surface area contributed by atoms with Crippen molar-refractivity contribution in [1.82, 2.24) is 5.16 Å². The van der Waals surface area contributed by atoms with Crippen molar-refractivity contribution in [1.29, 1.82) is 0 Å². The maximum atomic E-state index is 8.95. The van der Waals surface area contributed by atoms with Crippen LogP contribution in [0, 0.1) is 17.8 Å². The number of rotatable bonds is 4. The van der Waals surface area contributed by atoms with Crippen LogP contribution >= 0.6 is 0 Å². The molecule has 0 amide bonds. The lowest BCUT2D eigenvalue weighted by atomic mass is 10.1. The van der Waals surface area contributed by atoms with Crippen LogP contribution in [-0.4, -0.2) is 16.9 Å². The normalized spacial score (nSPS) is 19.9. The predicted octanol–water partition coefficient (Wildman–Crippen LogP) is 3.12. The van der Waals surface area contributed by atoms with E-state index in [9.17, 15) is 0 Å². The van der Waals surface area contributed by atoms with E-state index in [1.165, 1.54) is 12.0 Å². The summed E-state index contributed by atoms with van der Waals surface area (Å²) in [5.74, 6) is 7.99. The Bertz CT molecular complexity index is 661. The number of aryl methyl sites for hydroxylation is 1. The molecular weight excluding hydrogens is 262 g/mol. The molecule has 3 heteroatoms. The van der Waals surface area contributed by atoms with Crippen LogP contribution in [0.2, 0.25) is 0 Å². The van der Waals surface area contributed by atoms with E-state index in [0.29, 0.717) is 24.2 Å². The van der Waals surface area contributed by atoms with Crippen molar-refractivity contribution in [2.75, 3.05) is 6.61 Å². The molecule has 3 nitrogen and oxygen atoms in total. The first kappa shape index (κ1) is 13.9. The third-order valence-electron chi connectivity index (χ3n) is 4.01. The SMILES string of the molecule is CCc1cc(C#Cc2ccc(C3CC3CCO)cc2)on1. The summed E-state index contributed by atoms with van der Waals surface area (Å²) >= 11 is 0. The van der Waals surface area contributed by atoms with Crippen LogP contribution in [-0.2, 0) is 6.42 Å². The van der Waals surface area contributed by atoms with E-state index in [1.54, 1.807) is 0 Å². The van der Waals surface area contributed by atoms with Gasteiger partial charge in [-0.15, -0.1) is 0 Å². The average molecular weight is 281 g/mol. The largest absolute Gasteiger partial charge is 0.396 e. The summed E-state index contributed by atoms with van der Waals surface area (Å²) in [5.41, 5.74) is 3.26. The van der Waals surface area contributed by atoms with Gasteiger partial charge in [0, 0.05) is 18.2 Å². The molecule has 1 aromatic heterocycles. The maximum Gasteiger partial charge on any atom is 0.210 e. The molecule has 0 aliphatic heterocycles. The van der Waals surface area contributed by atoms with E-state index >= 15 is 0 Å². The molecular formula is C18H19NO2. The third kappa shape index (κ3) is 3.34. The number of benzene rings is 1. The Kier molecular flexibility index (Phi) is 4.08. The highest BCUT2D eigenvalue weighted by Gasteiger charge is 2.37. The number of nitrogens with zero attached hydrogens (tertiary/aromatic N) is 1. The summed E-state index contributed by atoms with van der Waals surface area (Å²) < 4.78 is 5.14. The van der Waals surface area contributed by atoms with Crippen molar-refractivity contribution in [3.8, 4) is 11.8 Å². The van der Waals surface area contributed by atoms with Gasteiger partial charge in [-0.1, -0.05) is 30.1 Å². The lowest BCUT2D eigenvalue weighted by molar-refractivity contribution is 0.279. The van der Waals surface area contributed by atoms with Gasteiger partial charge in [-0.2, -0.15) is 0 Å². The minimum atomic E-state index is 0.293. The number of aliphatic hydroxyl groups excluding tert-OH is 1. The molecule has 2 aromatic rings. The molecule has 0 saturated heterocycles. The van der Waals surface area contributed by atoms with E-state index in [1.807, 2.05) is 25.1 Å². The summed E-state index contributed by atoms with van der Waals surface area (Å²) in [7, 11) is 0. The molecule has 3 rings (SSSR count). The Labute approximate surface area is 125 Å². The van der Waals surface area contributed by atoms with Gasteiger partial charge in [0.2, 0.25) is 5.76 Å². The van der Waals surface area contributed by atoms with Crippen molar-refractivity contribution < 1.29 is 9.63 Å². The highest BCUT2D eigenvalue weighted by atomic mass is 16.5. The van der Waals surface area contributed by atoms with E-state index in [-0.39, 0.29) is 0 Å². The minimum Gasteiger partial charge on any atom is -0.396 e. The topological polar surface area (TPSA) is 46.3 Å². The minimum absolute atomic E-state index is 0.293. The van der Waals surface area contributed by atoms with Crippen molar-refractivity contribution >= 4 is 0 Å². The molecule has 1 aliphatic carbocycles. The Hall–Kier alpha value is -2.05. The quantitative estimate of drug-likeness (QED) is 0.876. The molecule has 0 spiro atoms. The first-order valence-corrected chi connectivity index (χ1v) is 7.48. The van der Waals surface area contributed by atoms with Gasteiger partial charge in [0.25, 0.3) is 0 Å². The summed E-state index contributed by atoms with van der Waals surface area (Å²) in [6, 6.07) is 10.3. The number of aliphatic hydroxyl groups is 1. The van der Waals surface area contributed by atoms with Gasteiger partial charge in [0.1, 0.15) is 0 Å². The Balaban J connectivity index is 1.65. The van der Waals surface area contributed by atoms with Gasteiger partial charge in [-0.25, -0.2) is 0 Å². The highest BCUT2D eigenvalue weighted by Crippen LogP contribution is 2.49. The Morgan fingerprint density at radius 1 is 1.29 bits per heavy atom. The molecule has 2 atom stereocenters. The molecule has 0 radical (unpaired) electrons. The summed E-state index contributed by atoms with van der Waals surface area (Å²) in [5, 5.41) is 12.9. The molecule has 1 aromatic carbocycles. The summed E-state index contributed by atoms with van der Waals surface area (Å²) in [4.78, 5) is 0. The van der Waals surface area contributed by atoms with Gasteiger partial charge in [0.05, 0.1) is 5.69 Å².